The number of rotatable bonds is 6. The van der Waals surface area contributed by atoms with Crippen LogP contribution >= 0.6 is 0 Å². The predicted octanol–water partition coefficient (Wildman–Crippen LogP) is 2.58. The number of para-hydroxylation sites is 1. The van der Waals surface area contributed by atoms with Gasteiger partial charge in [0.2, 0.25) is 0 Å². The second kappa shape index (κ2) is 7.78. The Kier molecular flexibility index (Phi) is 6.03. The molecule has 2 atom stereocenters. The van der Waals surface area contributed by atoms with Crippen molar-refractivity contribution in [1.29, 1.82) is 0 Å². The summed E-state index contributed by atoms with van der Waals surface area (Å²) in [6, 6.07) is 8.56. The van der Waals surface area contributed by atoms with E-state index in [0.717, 1.165) is 38.1 Å². The number of benzene rings is 1. The van der Waals surface area contributed by atoms with Crippen LogP contribution < -0.4 is 10.5 Å². The highest BCUT2D eigenvalue weighted by atomic mass is 16.5. The molecular weight excluding hydrogens is 264 g/mol. The molecule has 0 radical (unpaired) electrons. The van der Waals surface area contributed by atoms with Crippen molar-refractivity contribution in [1.82, 2.24) is 4.90 Å². The molecule has 1 aromatic carbocycles. The molecule has 2 N–H and O–H groups in total. The molecule has 4 heteroatoms. The Hall–Kier alpha value is -1.10. The van der Waals surface area contributed by atoms with Gasteiger partial charge in [0.15, 0.2) is 0 Å². The Balaban J connectivity index is 2.23. The number of nitrogens with zero attached hydrogens (tertiary/aromatic N) is 1. The van der Waals surface area contributed by atoms with Crippen molar-refractivity contribution in [3.63, 3.8) is 0 Å². The zero-order valence-electron chi connectivity index (χ0n) is 13.4. The summed E-state index contributed by atoms with van der Waals surface area (Å²) in [5, 5.41) is 0. The number of methoxy groups -OCH3 is 2. The second-order valence-electron chi connectivity index (χ2n) is 5.73. The van der Waals surface area contributed by atoms with E-state index in [1.54, 1.807) is 14.2 Å². The fourth-order valence-corrected chi connectivity index (χ4v) is 3.22. The van der Waals surface area contributed by atoms with E-state index in [1.165, 1.54) is 5.56 Å². The zero-order chi connectivity index (χ0) is 15.2. The molecule has 0 aromatic heterocycles. The lowest BCUT2D eigenvalue weighted by molar-refractivity contribution is 0.0218. The topological polar surface area (TPSA) is 47.7 Å². The summed E-state index contributed by atoms with van der Waals surface area (Å²) in [7, 11) is 3.53. The molecule has 2 unspecified atom stereocenters. The van der Waals surface area contributed by atoms with Gasteiger partial charge in [-0.1, -0.05) is 25.1 Å². The van der Waals surface area contributed by atoms with Gasteiger partial charge in [0.05, 0.1) is 19.3 Å². The minimum absolute atomic E-state index is 0.111. The summed E-state index contributed by atoms with van der Waals surface area (Å²) in [6.07, 6.45) is 3.47. The fraction of sp³-hybridized carbons (Fsp3) is 0.647. The van der Waals surface area contributed by atoms with Crippen molar-refractivity contribution in [3.8, 4) is 5.75 Å². The summed E-state index contributed by atoms with van der Waals surface area (Å²) < 4.78 is 11.0. The average molecular weight is 292 g/mol. The minimum Gasteiger partial charge on any atom is -0.496 e. The highest BCUT2D eigenvalue weighted by molar-refractivity contribution is 5.37. The van der Waals surface area contributed by atoms with Gasteiger partial charge in [0.25, 0.3) is 0 Å². The summed E-state index contributed by atoms with van der Waals surface area (Å²) in [6.45, 7) is 4.19. The van der Waals surface area contributed by atoms with Gasteiger partial charge < -0.3 is 15.2 Å². The van der Waals surface area contributed by atoms with Crippen LogP contribution in [0.25, 0.3) is 0 Å². The van der Waals surface area contributed by atoms with Crippen LogP contribution in [0, 0.1) is 0 Å². The molecule has 118 valence electrons. The first-order valence-corrected chi connectivity index (χ1v) is 7.86. The van der Waals surface area contributed by atoms with Gasteiger partial charge in [0, 0.05) is 31.8 Å². The minimum atomic E-state index is 0.111. The molecule has 21 heavy (non-hydrogen) atoms. The van der Waals surface area contributed by atoms with E-state index in [2.05, 4.69) is 24.0 Å². The molecular formula is C17H28N2O2. The van der Waals surface area contributed by atoms with Gasteiger partial charge in [-0.05, 0) is 25.3 Å². The van der Waals surface area contributed by atoms with E-state index >= 15 is 0 Å². The third-order valence-electron chi connectivity index (χ3n) is 4.54. The Morgan fingerprint density at radius 2 is 1.90 bits per heavy atom. The van der Waals surface area contributed by atoms with Crippen LogP contribution in [0.2, 0.25) is 0 Å². The zero-order valence-corrected chi connectivity index (χ0v) is 13.4. The SMILES string of the molecule is CCC(N)C(c1ccccc1OC)N1CCC(OC)CC1. The van der Waals surface area contributed by atoms with E-state index in [1.807, 2.05) is 12.1 Å². The number of hydrogen-bond donors (Lipinski definition) is 1. The van der Waals surface area contributed by atoms with Crippen LogP contribution in [-0.2, 0) is 4.74 Å². The van der Waals surface area contributed by atoms with E-state index < -0.39 is 0 Å². The first-order chi connectivity index (χ1) is 10.2. The van der Waals surface area contributed by atoms with E-state index in [-0.39, 0.29) is 12.1 Å². The maximum atomic E-state index is 6.44. The second-order valence-corrected chi connectivity index (χ2v) is 5.73. The van der Waals surface area contributed by atoms with Crippen LogP contribution in [-0.4, -0.2) is 44.4 Å². The molecule has 2 rings (SSSR count). The van der Waals surface area contributed by atoms with Crippen LogP contribution in [0.4, 0.5) is 0 Å². The van der Waals surface area contributed by atoms with Crippen LogP contribution in [0.5, 0.6) is 5.75 Å². The van der Waals surface area contributed by atoms with Crippen molar-refractivity contribution >= 4 is 0 Å². The van der Waals surface area contributed by atoms with Crippen molar-refractivity contribution in [2.24, 2.45) is 5.73 Å². The highest BCUT2D eigenvalue weighted by Crippen LogP contribution is 2.34. The summed E-state index contributed by atoms with van der Waals surface area (Å²) in [5.41, 5.74) is 7.64. The van der Waals surface area contributed by atoms with E-state index in [0.29, 0.717) is 6.10 Å². The summed E-state index contributed by atoms with van der Waals surface area (Å²) in [4.78, 5) is 2.49. The number of ether oxygens (including phenoxy) is 2. The third-order valence-corrected chi connectivity index (χ3v) is 4.54. The smallest absolute Gasteiger partial charge is 0.123 e. The molecule has 1 aliphatic rings. The third kappa shape index (κ3) is 3.76. The molecule has 1 aliphatic heterocycles. The van der Waals surface area contributed by atoms with Crippen molar-refractivity contribution in [2.75, 3.05) is 27.3 Å². The quantitative estimate of drug-likeness (QED) is 0.875. The summed E-state index contributed by atoms with van der Waals surface area (Å²) in [5.74, 6) is 0.931. The summed E-state index contributed by atoms with van der Waals surface area (Å²) >= 11 is 0. The number of piperidine rings is 1. The largest absolute Gasteiger partial charge is 0.496 e. The molecule has 1 aromatic rings. The Bertz CT molecular complexity index is 431. The van der Waals surface area contributed by atoms with Gasteiger partial charge >= 0.3 is 0 Å². The molecule has 1 fully saturated rings. The Morgan fingerprint density at radius 3 is 2.48 bits per heavy atom. The molecule has 0 spiro atoms. The van der Waals surface area contributed by atoms with Gasteiger partial charge in [0.1, 0.15) is 5.75 Å². The van der Waals surface area contributed by atoms with E-state index in [4.69, 9.17) is 15.2 Å². The normalized spacial score (nSPS) is 20.2. The lowest BCUT2D eigenvalue weighted by Crippen LogP contribution is -2.46. The molecule has 0 saturated carbocycles. The van der Waals surface area contributed by atoms with Crippen molar-refractivity contribution < 1.29 is 9.47 Å². The first kappa shape index (κ1) is 16.3. The van der Waals surface area contributed by atoms with Gasteiger partial charge in [-0.25, -0.2) is 0 Å². The molecule has 1 saturated heterocycles. The molecule has 0 bridgehead atoms. The number of likely N-dealkylation sites (tertiary alicyclic amines) is 1. The van der Waals surface area contributed by atoms with Crippen molar-refractivity contribution in [2.45, 2.75) is 44.4 Å². The predicted molar refractivity (Wildman–Crippen MR) is 85.6 cm³/mol. The maximum absolute atomic E-state index is 6.44. The fourth-order valence-electron chi connectivity index (χ4n) is 3.22. The van der Waals surface area contributed by atoms with Crippen LogP contribution in [0.15, 0.2) is 24.3 Å². The lowest BCUT2D eigenvalue weighted by Gasteiger charge is -2.40. The van der Waals surface area contributed by atoms with Gasteiger partial charge in [-0.2, -0.15) is 0 Å². The van der Waals surface area contributed by atoms with E-state index in [9.17, 15) is 0 Å². The Morgan fingerprint density at radius 1 is 1.24 bits per heavy atom. The standard InChI is InChI=1S/C17H28N2O2/c1-4-15(18)17(14-7-5-6-8-16(14)21-3)19-11-9-13(20-2)10-12-19/h5-8,13,15,17H,4,9-12,18H2,1-3H3. The van der Waals surface area contributed by atoms with Gasteiger partial charge in [-0.15, -0.1) is 0 Å². The Labute approximate surface area is 128 Å². The van der Waals surface area contributed by atoms with Crippen LogP contribution in [0.3, 0.4) is 0 Å². The molecule has 0 amide bonds. The van der Waals surface area contributed by atoms with Crippen molar-refractivity contribution in [3.05, 3.63) is 29.8 Å². The lowest BCUT2D eigenvalue weighted by atomic mass is 9.93. The molecule has 1 heterocycles. The molecule has 4 nitrogen and oxygen atoms in total. The van der Waals surface area contributed by atoms with Crippen LogP contribution in [0.1, 0.15) is 37.8 Å². The highest BCUT2D eigenvalue weighted by Gasteiger charge is 2.31. The average Bonchev–Trinajstić information content (AvgIpc) is 2.56. The molecule has 0 aliphatic carbocycles. The monoisotopic (exact) mass is 292 g/mol. The number of hydrogen-bond acceptors (Lipinski definition) is 4. The van der Waals surface area contributed by atoms with Gasteiger partial charge in [-0.3, -0.25) is 4.90 Å². The first-order valence-electron chi connectivity index (χ1n) is 7.86. The maximum Gasteiger partial charge on any atom is 0.123 e. The number of nitrogens with two attached hydrogens (primary N) is 1.